The molecule has 0 bridgehead atoms. The van der Waals surface area contributed by atoms with Gasteiger partial charge in [-0.1, -0.05) is 36.4 Å². The maximum absolute atomic E-state index is 5.74. The fourth-order valence-electron chi connectivity index (χ4n) is 3.56. The van der Waals surface area contributed by atoms with Gasteiger partial charge in [-0.05, 0) is 57.6 Å². The predicted octanol–water partition coefficient (Wildman–Crippen LogP) is 4.38. The Bertz CT molecular complexity index is 818. The van der Waals surface area contributed by atoms with E-state index < -0.39 is 0 Å². The first-order valence-corrected chi connectivity index (χ1v) is 7.00. The van der Waals surface area contributed by atoms with Crippen LogP contribution in [0.1, 0.15) is 23.7 Å². The molecular formula is C18H14O. The molecule has 1 fully saturated rings. The van der Waals surface area contributed by atoms with Crippen molar-refractivity contribution in [2.24, 2.45) is 0 Å². The number of hydrogen-bond donors (Lipinski definition) is 0. The Morgan fingerprint density at radius 3 is 2.63 bits per heavy atom. The minimum absolute atomic E-state index is 0.389. The number of epoxide rings is 1. The summed E-state index contributed by atoms with van der Waals surface area (Å²) >= 11 is 0. The molecule has 0 saturated carbocycles. The van der Waals surface area contributed by atoms with Crippen LogP contribution in [-0.2, 0) is 11.2 Å². The van der Waals surface area contributed by atoms with E-state index in [2.05, 4.69) is 48.5 Å². The molecule has 1 nitrogen and oxygen atoms in total. The Hall–Kier alpha value is -1.86. The molecule has 2 aliphatic rings. The topological polar surface area (TPSA) is 12.5 Å². The third-order valence-corrected chi connectivity index (χ3v) is 4.60. The summed E-state index contributed by atoms with van der Waals surface area (Å²) in [7, 11) is 0. The Morgan fingerprint density at radius 2 is 1.74 bits per heavy atom. The molecule has 0 aromatic heterocycles. The highest BCUT2D eigenvalue weighted by Gasteiger charge is 2.44. The average Bonchev–Trinajstić information content (AvgIpc) is 3.24. The van der Waals surface area contributed by atoms with E-state index >= 15 is 0 Å². The van der Waals surface area contributed by atoms with E-state index in [9.17, 15) is 0 Å². The van der Waals surface area contributed by atoms with Crippen LogP contribution in [0.15, 0.2) is 48.5 Å². The highest BCUT2D eigenvalue weighted by atomic mass is 16.6. The molecule has 92 valence electrons. The van der Waals surface area contributed by atoms with Crippen molar-refractivity contribution in [2.45, 2.75) is 25.0 Å². The van der Waals surface area contributed by atoms with Crippen LogP contribution in [-0.4, -0.2) is 6.10 Å². The number of ether oxygens (including phenoxy) is 1. The van der Waals surface area contributed by atoms with Gasteiger partial charge in [-0.15, -0.1) is 0 Å². The maximum atomic E-state index is 5.74. The van der Waals surface area contributed by atoms with Crippen LogP contribution in [0.4, 0.5) is 0 Å². The lowest BCUT2D eigenvalue weighted by molar-refractivity contribution is 0.373. The second-order valence-corrected chi connectivity index (χ2v) is 5.69. The fourth-order valence-corrected chi connectivity index (χ4v) is 3.56. The third kappa shape index (κ3) is 1.34. The van der Waals surface area contributed by atoms with Crippen LogP contribution in [0, 0.1) is 0 Å². The number of rotatable bonds is 0. The molecule has 1 heteroatoms. The van der Waals surface area contributed by atoms with Crippen molar-refractivity contribution in [3.8, 4) is 0 Å². The molecule has 5 rings (SSSR count). The minimum Gasteiger partial charge on any atom is -0.364 e. The smallest absolute Gasteiger partial charge is 0.109 e. The molecule has 2 unspecified atom stereocenters. The van der Waals surface area contributed by atoms with Crippen LogP contribution < -0.4 is 0 Å². The minimum atomic E-state index is 0.389. The highest BCUT2D eigenvalue weighted by Crippen LogP contribution is 2.48. The van der Waals surface area contributed by atoms with Crippen molar-refractivity contribution < 1.29 is 4.74 Å². The standard InChI is InChI=1S/C18H14O/c1-2-4-12-10-16-13(9-11(12)3-1)5-6-15-14(16)7-8-17-18(15)19-17/h1-6,9-10,17-18H,7-8H2. The van der Waals surface area contributed by atoms with Crippen molar-refractivity contribution >= 4 is 21.5 Å². The first kappa shape index (κ1) is 9.99. The zero-order valence-corrected chi connectivity index (χ0v) is 10.6. The van der Waals surface area contributed by atoms with E-state index in [1.54, 1.807) is 0 Å². The van der Waals surface area contributed by atoms with Gasteiger partial charge in [-0.3, -0.25) is 0 Å². The lowest BCUT2D eigenvalue weighted by atomic mass is 9.87. The van der Waals surface area contributed by atoms with Gasteiger partial charge in [0.2, 0.25) is 0 Å². The summed E-state index contributed by atoms with van der Waals surface area (Å²) in [6, 6.07) is 17.8. The van der Waals surface area contributed by atoms with Crippen molar-refractivity contribution in [1.82, 2.24) is 0 Å². The summed E-state index contributed by atoms with van der Waals surface area (Å²) in [5, 5.41) is 5.44. The van der Waals surface area contributed by atoms with Crippen LogP contribution in [0.5, 0.6) is 0 Å². The number of hydrogen-bond acceptors (Lipinski definition) is 1. The van der Waals surface area contributed by atoms with Crippen molar-refractivity contribution in [3.63, 3.8) is 0 Å². The van der Waals surface area contributed by atoms with E-state index in [-0.39, 0.29) is 0 Å². The van der Waals surface area contributed by atoms with Gasteiger partial charge in [0.1, 0.15) is 6.10 Å². The summed E-state index contributed by atoms with van der Waals surface area (Å²) in [5.41, 5.74) is 2.95. The average molecular weight is 246 g/mol. The Balaban J connectivity index is 1.89. The van der Waals surface area contributed by atoms with Crippen molar-refractivity contribution in [2.75, 3.05) is 0 Å². The van der Waals surface area contributed by atoms with Gasteiger partial charge < -0.3 is 4.74 Å². The molecule has 2 atom stereocenters. The second-order valence-electron chi connectivity index (χ2n) is 5.69. The molecule has 19 heavy (non-hydrogen) atoms. The first-order chi connectivity index (χ1) is 9.40. The summed E-state index contributed by atoms with van der Waals surface area (Å²) < 4.78 is 5.74. The van der Waals surface area contributed by atoms with Gasteiger partial charge in [-0.25, -0.2) is 0 Å². The molecule has 0 spiro atoms. The number of aryl methyl sites for hydroxylation is 1. The van der Waals surface area contributed by atoms with Gasteiger partial charge in [0, 0.05) is 0 Å². The molecule has 1 saturated heterocycles. The lowest BCUT2D eigenvalue weighted by Crippen LogP contribution is -2.04. The van der Waals surface area contributed by atoms with Crippen LogP contribution in [0.25, 0.3) is 21.5 Å². The summed E-state index contributed by atoms with van der Waals surface area (Å²) in [6.45, 7) is 0. The second kappa shape index (κ2) is 3.37. The Morgan fingerprint density at radius 1 is 0.895 bits per heavy atom. The molecule has 1 aliphatic heterocycles. The molecule has 1 aliphatic carbocycles. The van der Waals surface area contributed by atoms with Crippen molar-refractivity contribution in [3.05, 3.63) is 59.7 Å². The Labute approximate surface area is 111 Å². The summed E-state index contributed by atoms with van der Waals surface area (Å²) in [6.07, 6.45) is 3.24. The first-order valence-electron chi connectivity index (χ1n) is 7.00. The molecule has 0 amide bonds. The van der Waals surface area contributed by atoms with E-state index in [4.69, 9.17) is 4.74 Å². The SMILES string of the molecule is c1ccc2cc3c4c(ccc3cc2c1)C1OC1CC4. The van der Waals surface area contributed by atoms with Gasteiger partial charge in [-0.2, -0.15) is 0 Å². The summed E-state index contributed by atoms with van der Waals surface area (Å²) in [5.74, 6) is 0. The largest absolute Gasteiger partial charge is 0.364 e. The molecule has 1 heterocycles. The van der Waals surface area contributed by atoms with E-state index in [0.717, 1.165) is 6.42 Å². The summed E-state index contributed by atoms with van der Waals surface area (Å²) in [4.78, 5) is 0. The van der Waals surface area contributed by atoms with Gasteiger partial charge >= 0.3 is 0 Å². The van der Waals surface area contributed by atoms with Gasteiger partial charge in [0.05, 0.1) is 6.10 Å². The van der Waals surface area contributed by atoms with Gasteiger partial charge in [0.25, 0.3) is 0 Å². The van der Waals surface area contributed by atoms with E-state index in [1.807, 2.05) is 0 Å². The fraction of sp³-hybridized carbons (Fsp3) is 0.222. The van der Waals surface area contributed by atoms with Crippen LogP contribution >= 0.6 is 0 Å². The van der Waals surface area contributed by atoms with Crippen molar-refractivity contribution in [1.29, 1.82) is 0 Å². The van der Waals surface area contributed by atoms with E-state index in [1.165, 1.54) is 39.1 Å². The molecule has 3 aromatic rings. The van der Waals surface area contributed by atoms with Crippen LogP contribution in [0.2, 0.25) is 0 Å². The lowest BCUT2D eigenvalue weighted by Gasteiger charge is -2.15. The molecule has 0 radical (unpaired) electrons. The zero-order valence-electron chi connectivity index (χ0n) is 10.6. The zero-order chi connectivity index (χ0) is 12.4. The van der Waals surface area contributed by atoms with Crippen LogP contribution in [0.3, 0.4) is 0 Å². The molecule has 0 N–H and O–H groups in total. The van der Waals surface area contributed by atoms with E-state index in [0.29, 0.717) is 12.2 Å². The predicted molar refractivity (Wildman–Crippen MR) is 77.4 cm³/mol. The maximum Gasteiger partial charge on any atom is 0.109 e. The monoisotopic (exact) mass is 246 g/mol. The van der Waals surface area contributed by atoms with Gasteiger partial charge in [0.15, 0.2) is 0 Å². The quantitative estimate of drug-likeness (QED) is 0.423. The molecular weight excluding hydrogens is 232 g/mol. The number of fused-ring (bicyclic) bond motifs is 6. The third-order valence-electron chi connectivity index (χ3n) is 4.60. The Kier molecular flexibility index (Phi) is 1.77. The number of benzene rings is 3. The highest BCUT2D eigenvalue weighted by molar-refractivity contribution is 6.00. The normalized spacial score (nSPS) is 24.2. The molecule has 3 aromatic carbocycles.